The van der Waals surface area contributed by atoms with Gasteiger partial charge < -0.3 is 20.1 Å². The molecule has 0 unspecified atom stereocenters. The van der Waals surface area contributed by atoms with Crippen molar-refractivity contribution in [3.05, 3.63) is 22.2 Å². The Labute approximate surface area is 116 Å². The lowest BCUT2D eigenvalue weighted by molar-refractivity contribution is 0.243. The van der Waals surface area contributed by atoms with Gasteiger partial charge in [0.2, 0.25) is 0 Å². The van der Waals surface area contributed by atoms with Crippen molar-refractivity contribution >= 4 is 15.9 Å². The molecule has 1 aliphatic heterocycles. The monoisotopic (exact) mass is 314 g/mol. The predicted octanol–water partition coefficient (Wildman–Crippen LogP) is 1.61. The number of hydrogen-bond donors (Lipinski definition) is 2. The number of phenols is 1. The van der Waals surface area contributed by atoms with Gasteiger partial charge in [-0.1, -0.05) is 15.9 Å². The molecule has 1 aromatic carbocycles. The third-order valence-electron chi connectivity index (χ3n) is 3.25. The molecular weight excluding hydrogens is 296 g/mol. The van der Waals surface area contributed by atoms with Crippen molar-refractivity contribution in [2.75, 3.05) is 39.8 Å². The van der Waals surface area contributed by atoms with Gasteiger partial charge in [-0.05, 0) is 24.1 Å². The average Bonchev–Trinajstić information content (AvgIpc) is 2.39. The van der Waals surface area contributed by atoms with Crippen LogP contribution in [0.2, 0.25) is 0 Å². The quantitative estimate of drug-likeness (QED) is 0.886. The van der Waals surface area contributed by atoms with Crippen molar-refractivity contribution in [3.8, 4) is 11.5 Å². The lowest BCUT2D eigenvalue weighted by Crippen LogP contribution is -2.44. The maximum atomic E-state index is 9.66. The SMILES string of the molecule is COc1cc(CCN2CCNCC2)c(Br)cc1O. The van der Waals surface area contributed by atoms with Gasteiger partial charge in [0.05, 0.1) is 7.11 Å². The van der Waals surface area contributed by atoms with Crippen LogP contribution < -0.4 is 10.1 Å². The molecule has 0 aliphatic carbocycles. The van der Waals surface area contributed by atoms with Gasteiger partial charge in [0.1, 0.15) is 0 Å². The van der Waals surface area contributed by atoms with Crippen LogP contribution in [0.3, 0.4) is 0 Å². The minimum Gasteiger partial charge on any atom is -0.504 e. The summed E-state index contributed by atoms with van der Waals surface area (Å²) in [6.45, 7) is 5.38. The van der Waals surface area contributed by atoms with E-state index >= 15 is 0 Å². The van der Waals surface area contributed by atoms with Crippen molar-refractivity contribution in [2.45, 2.75) is 6.42 Å². The zero-order valence-electron chi connectivity index (χ0n) is 10.6. The lowest BCUT2D eigenvalue weighted by atomic mass is 10.1. The molecule has 1 aromatic rings. The number of aromatic hydroxyl groups is 1. The Bertz CT molecular complexity index is 406. The fraction of sp³-hybridized carbons (Fsp3) is 0.538. The number of benzene rings is 1. The number of phenolic OH excluding ortho intramolecular Hbond substituents is 1. The van der Waals surface area contributed by atoms with Gasteiger partial charge >= 0.3 is 0 Å². The minimum absolute atomic E-state index is 0.176. The Morgan fingerprint density at radius 1 is 1.39 bits per heavy atom. The largest absolute Gasteiger partial charge is 0.504 e. The standard InChI is InChI=1S/C13H19BrN2O2/c1-18-13-8-10(11(14)9-12(13)17)2-5-16-6-3-15-4-7-16/h8-9,15,17H,2-7H2,1H3. The van der Waals surface area contributed by atoms with Crippen LogP contribution in [0.25, 0.3) is 0 Å². The molecule has 1 heterocycles. The number of halogens is 1. The number of nitrogens with one attached hydrogen (secondary N) is 1. The van der Waals surface area contributed by atoms with Crippen molar-refractivity contribution in [2.24, 2.45) is 0 Å². The summed E-state index contributed by atoms with van der Waals surface area (Å²) < 4.78 is 6.08. The van der Waals surface area contributed by atoms with E-state index in [4.69, 9.17) is 4.74 Å². The Kier molecular flexibility index (Phi) is 4.86. The van der Waals surface area contributed by atoms with Crippen LogP contribution in [0, 0.1) is 0 Å². The van der Waals surface area contributed by atoms with Gasteiger partial charge in [0.25, 0.3) is 0 Å². The fourth-order valence-electron chi connectivity index (χ4n) is 2.15. The molecule has 0 spiro atoms. The first-order valence-electron chi connectivity index (χ1n) is 6.19. The third kappa shape index (κ3) is 3.37. The molecule has 1 aliphatic rings. The van der Waals surface area contributed by atoms with E-state index in [1.807, 2.05) is 6.07 Å². The minimum atomic E-state index is 0.176. The van der Waals surface area contributed by atoms with Crippen LogP contribution in [0.4, 0.5) is 0 Å². The second kappa shape index (κ2) is 6.41. The van der Waals surface area contributed by atoms with Gasteiger partial charge in [-0.25, -0.2) is 0 Å². The van der Waals surface area contributed by atoms with Crippen LogP contribution in [-0.2, 0) is 6.42 Å². The van der Waals surface area contributed by atoms with Crippen LogP contribution >= 0.6 is 15.9 Å². The topological polar surface area (TPSA) is 44.7 Å². The van der Waals surface area contributed by atoms with Gasteiger partial charge in [0.15, 0.2) is 11.5 Å². The van der Waals surface area contributed by atoms with Gasteiger partial charge in [0, 0.05) is 37.2 Å². The molecule has 18 heavy (non-hydrogen) atoms. The summed E-state index contributed by atoms with van der Waals surface area (Å²) in [4.78, 5) is 2.45. The van der Waals surface area contributed by atoms with Crippen LogP contribution in [-0.4, -0.2) is 49.8 Å². The smallest absolute Gasteiger partial charge is 0.160 e. The summed E-state index contributed by atoms with van der Waals surface area (Å²) in [5, 5.41) is 13.0. The van der Waals surface area contributed by atoms with E-state index in [1.165, 1.54) is 5.56 Å². The van der Waals surface area contributed by atoms with Crippen LogP contribution in [0.5, 0.6) is 11.5 Å². The molecule has 5 heteroatoms. The fourth-order valence-corrected chi connectivity index (χ4v) is 2.68. The molecule has 0 bridgehead atoms. The van der Waals surface area contributed by atoms with E-state index in [1.54, 1.807) is 13.2 Å². The second-order valence-electron chi connectivity index (χ2n) is 4.46. The summed E-state index contributed by atoms with van der Waals surface area (Å²) in [5.74, 6) is 0.712. The van der Waals surface area contributed by atoms with E-state index in [-0.39, 0.29) is 5.75 Å². The van der Waals surface area contributed by atoms with Crippen molar-refractivity contribution in [1.29, 1.82) is 0 Å². The summed E-state index contributed by atoms with van der Waals surface area (Å²) in [6.07, 6.45) is 0.956. The molecule has 100 valence electrons. The Morgan fingerprint density at radius 3 is 2.78 bits per heavy atom. The first-order chi connectivity index (χ1) is 8.70. The summed E-state index contributed by atoms with van der Waals surface area (Å²) in [6, 6.07) is 3.60. The number of methoxy groups -OCH3 is 1. The van der Waals surface area contributed by atoms with Crippen molar-refractivity contribution in [1.82, 2.24) is 10.2 Å². The molecule has 1 fully saturated rings. The highest BCUT2D eigenvalue weighted by Gasteiger charge is 2.12. The van der Waals surface area contributed by atoms with Gasteiger partial charge in [-0.3, -0.25) is 0 Å². The third-order valence-corrected chi connectivity index (χ3v) is 3.99. The summed E-state index contributed by atoms with van der Waals surface area (Å²) in [7, 11) is 1.57. The van der Waals surface area contributed by atoms with Crippen molar-refractivity contribution in [3.63, 3.8) is 0 Å². The Morgan fingerprint density at radius 2 is 2.11 bits per heavy atom. The van der Waals surface area contributed by atoms with Crippen molar-refractivity contribution < 1.29 is 9.84 Å². The second-order valence-corrected chi connectivity index (χ2v) is 5.31. The van der Waals surface area contributed by atoms with E-state index in [2.05, 4.69) is 26.1 Å². The number of hydrogen-bond acceptors (Lipinski definition) is 4. The van der Waals surface area contributed by atoms with E-state index in [0.717, 1.165) is 43.6 Å². The lowest BCUT2D eigenvalue weighted by Gasteiger charge is -2.27. The van der Waals surface area contributed by atoms with Gasteiger partial charge in [-0.2, -0.15) is 0 Å². The van der Waals surface area contributed by atoms with E-state index < -0.39 is 0 Å². The maximum Gasteiger partial charge on any atom is 0.160 e. The number of nitrogens with zero attached hydrogens (tertiary/aromatic N) is 1. The molecule has 0 aromatic heterocycles. The first kappa shape index (κ1) is 13.6. The highest BCUT2D eigenvalue weighted by molar-refractivity contribution is 9.10. The van der Waals surface area contributed by atoms with E-state index in [9.17, 15) is 5.11 Å². The Hall–Kier alpha value is -0.780. The maximum absolute atomic E-state index is 9.66. The number of ether oxygens (including phenoxy) is 1. The molecule has 2 N–H and O–H groups in total. The summed E-state index contributed by atoms with van der Waals surface area (Å²) in [5.41, 5.74) is 1.17. The number of piperazine rings is 1. The predicted molar refractivity (Wildman–Crippen MR) is 75.4 cm³/mol. The molecule has 4 nitrogen and oxygen atoms in total. The highest BCUT2D eigenvalue weighted by Crippen LogP contribution is 2.32. The Balaban J connectivity index is 1.99. The zero-order chi connectivity index (χ0) is 13.0. The molecule has 0 atom stereocenters. The van der Waals surface area contributed by atoms with E-state index in [0.29, 0.717) is 5.75 Å². The van der Waals surface area contributed by atoms with Crippen LogP contribution in [0.15, 0.2) is 16.6 Å². The average molecular weight is 315 g/mol. The normalized spacial score (nSPS) is 16.8. The van der Waals surface area contributed by atoms with Gasteiger partial charge in [-0.15, -0.1) is 0 Å². The highest BCUT2D eigenvalue weighted by atomic mass is 79.9. The molecule has 0 saturated carbocycles. The molecule has 1 saturated heterocycles. The summed E-state index contributed by atoms with van der Waals surface area (Å²) >= 11 is 3.49. The number of rotatable bonds is 4. The zero-order valence-corrected chi connectivity index (χ0v) is 12.2. The molecule has 2 rings (SSSR count). The van der Waals surface area contributed by atoms with Crippen LogP contribution in [0.1, 0.15) is 5.56 Å². The molecular formula is C13H19BrN2O2. The molecule has 0 radical (unpaired) electrons. The first-order valence-corrected chi connectivity index (χ1v) is 6.98. The molecule has 0 amide bonds.